The molecule has 2 saturated heterocycles. The molecule has 0 radical (unpaired) electrons. The molecule has 3 N–H and O–H groups in total. The molecule has 0 spiro atoms. The van der Waals surface area contributed by atoms with Crippen molar-refractivity contribution in [2.24, 2.45) is 0 Å². The van der Waals surface area contributed by atoms with E-state index in [1.165, 1.54) is 0 Å². The van der Waals surface area contributed by atoms with Crippen molar-refractivity contribution in [2.75, 3.05) is 31.5 Å². The third-order valence-electron chi connectivity index (χ3n) is 8.31. The second-order valence-corrected chi connectivity index (χ2v) is 14.7. The van der Waals surface area contributed by atoms with E-state index >= 15 is 0 Å². The topological polar surface area (TPSA) is 103 Å². The molecule has 3 heterocycles. The number of carbonyl (C=O) groups is 3. The van der Waals surface area contributed by atoms with Gasteiger partial charge in [0, 0.05) is 59.8 Å². The van der Waals surface area contributed by atoms with Crippen LogP contribution in [0.25, 0.3) is 10.4 Å². The van der Waals surface area contributed by atoms with Gasteiger partial charge in [-0.15, -0.1) is 11.3 Å². The highest BCUT2D eigenvalue weighted by Crippen LogP contribution is 2.31. The predicted octanol–water partition coefficient (Wildman–Crippen LogP) is 6.50. The molecule has 1 aromatic heterocycles. The van der Waals surface area contributed by atoms with Crippen LogP contribution in [0.2, 0.25) is 0 Å². The highest BCUT2D eigenvalue weighted by atomic mass is 32.1. The average Bonchev–Trinajstić information content (AvgIpc) is 3.63. The Bertz CT molecular complexity index is 1650. The lowest BCUT2D eigenvalue weighted by Gasteiger charge is -2.40. The number of hydrogen-bond acceptors (Lipinski definition) is 7. The quantitative estimate of drug-likeness (QED) is 0.238. The zero-order valence-electron chi connectivity index (χ0n) is 27.7. The molecular weight excluding hydrogens is 643 g/mol. The maximum Gasteiger partial charge on any atom is 0.471 e. The lowest BCUT2D eigenvalue weighted by molar-refractivity contribution is -0.174. The Morgan fingerprint density at radius 3 is 2.46 bits per heavy atom. The van der Waals surface area contributed by atoms with E-state index in [0.717, 1.165) is 32.1 Å². The number of hydrogen-bond donors (Lipinski definition) is 3. The predicted molar refractivity (Wildman–Crippen MR) is 180 cm³/mol. The summed E-state index contributed by atoms with van der Waals surface area (Å²) < 4.78 is 43.3. The third kappa shape index (κ3) is 9.07. The molecule has 258 valence electrons. The molecule has 48 heavy (non-hydrogen) atoms. The van der Waals surface area contributed by atoms with Gasteiger partial charge in [0.2, 0.25) is 0 Å². The summed E-state index contributed by atoms with van der Waals surface area (Å²) in [6, 6.07) is 17.0. The van der Waals surface area contributed by atoms with E-state index in [0.29, 0.717) is 44.7 Å². The zero-order valence-corrected chi connectivity index (χ0v) is 28.6. The second kappa shape index (κ2) is 14.2. The van der Waals surface area contributed by atoms with Crippen LogP contribution >= 0.6 is 11.3 Å². The van der Waals surface area contributed by atoms with Crippen LogP contribution in [0.1, 0.15) is 66.5 Å². The summed E-state index contributed by atoms with van der Waals surface area (Å²) in [5.41, 5.74) is 3.62. The van der Waals surface area contributed by atoms with Gasteiger partial charge in [0.1, 0.15) is 5.60 Å². The molecule has 9 nitrogen and oxygen atoms in total. The number of anilines is 1. The average molecular weight is 686 g/mol. The molecule has 0 unspecified atom stereocenters. The second-order valence-electron chi connectivity index (χ2n) is 13.5. The fourth-order valence-electron chi connectivity index (χ4n) is 5.76. The van der Waals surface area contributed by atoms with Crippen molar-refractivity contribution >= 4 is 34.9 Å². The van der Waals surface area contributed by atoms with Gasteiger partial charge in [0.05, 0.1) is 12.1 Å². The normalized spacial score (nSPS) is 17.8. The van der Waals surface area contributed by atoms with Crippen molar-refractivity contribution in [3.05, 3.63) is 76.2 Å². The van der Waals surface area contributed by atoms with Crippen LogP contribution in [-0.2, 0) is 16.1 Å². The summed E-state index contributed by atoms with van der Waals surface area (Å²) in [7, 11) is 0. The number of likely N-dealkylation sites (tertiary alicyclic amines) is 2. The van der Waals surface area contributed by atoms with Gasteiger partial charge in [-0.05, 0) is 88.1 Å². The van der Waals surface area contributed by atoms with Gasteiger partial charge in [-0.3, -0.25) is 14.5 Å². The summed E-state index contributed by atoms with van der Waals surface area (Å²) in [4.78, 5) is 42.8. The van der Waals surface area contributed by atoms with E-state index in [1.54, 1.807) is 16.2 Å². The van der Waals surface area contributed by atoms with Gasteiger partial charge < -0.3 is 25.6 Å². The smallest absolute Gasteiger partial charge is 0.444 e. The molecule has 3 amide bonds. The monoisotopic (exact) mass is 685 g/mol. The SMILES string of the molecule is Cc1ccc(NC2CN(C(=O)OC(C)(C)C)C2)cc1C(=O)N[C@H](C)c1cccc(-c2ccc(CN3CC[C@H](NC(=O)C(F)(F)F)C3)s2)c1. The number of thiophene rings is 1. The molecule has 2 atom stereocenters. The van der Waals surface area contributed by atoms with E-state index in [9.17, 15) is 27.6 Å². The molecule has 0 aliphatic carbocycles. The maximum absolute atomic E-state index is 13.4. The van der Waals surface area contributed by atoms with Gasteiger partial charge in [-0.25, -0.2) is 4.79 Å². The van der Waals surface area contributed by atoms with Gasteiger partial charge in [-0.2, -0.15) is 13.2 Å². The van der Waals surface area contributed by atoms with Crippen molar-refractivity contribution in [3.8, 4) is 10.4 Å². The number of rotatable bonds is 9. The Labute approximate surface area is 282 Å². The van der Waals surface area contributed by atoms with Gasteiger partial charge >= 0.3 is 18.2 Å². The summed E-state index contributed by atoms with van der Waals surface area (Å²) >= 11 is 1.61. The Kier molecular flexibility index (Phi) is 10.4. The van der Waals surface area contributed by atoms with Crippen molar-refractivity contribution in [2.45, 2.75) is 77.5 Å². The van der Waals surface area contributed by atoms with E-state index in [1.807, 2.05) is 88.0 Å². The number of amides is 3. The van der Waals surface area contributed by atoms with Crippen LogP contribution < -0.4 is 16.0 Å². The summed E-state index contributed by atoms with van der Waals surface area (Å²) in [5, 5.41) is 8.62. The fourth-order valence-corrected chi connectivity index (χ4v) is 6.80. The van der Waals surface area contributed by atoms with Crippen LogP contribution in [0.15, 0.2) is 54.6 Å². The minimum Gasteiger partial charge on any atom is -0.444 e. The largest absolute Gasteiger partial charge is 0.471 e. The fraction of sp³-hybridized carbons (Fsp3) is 0.457. The number of aryl methyl sites for hydroxylation is 1. The minimum atomic E-state index is -4.88. The van der Waals surface area contributed by atoms with Gasteiger partial charge in [0.25, 0.3) is 5.91 Å². The number of ether oxygens (including phenoxy) is 1. The Balaban J connectivity index is 1.15. The van der Waals surface area contributed by atoms with E-state index < -0.39 is 23.7 Å². The first-order valence-corrected chi connectivity index (χ1v) is 16.8. The molecule has 0 bridgehead atoms. The number of halogens is 3. The maximum atomic E-state index is 13.4. The van der Waals surface area contributed by atoms with Crippen LogP contribution in [0.3, 0.4) is 0 Å². The van der Waals surface area contributed by atoms with Crippen molar-refractivity contribution in [1.82, 2.24) is 20.4 Å². The highest BCUT2D eigenvalue weighted by Gasteiger charge is 2.40. The van der Waals surface area contributed by atoms with E-state index in [2.05, 4.69) is 22.0 Å². The molecule has 2 aliphatic rings. The first kappa shape index (κ1) is 35.2. The van der Waals surface area contributed by atoms with E-state index in [4.69, 9.17) is 4.74 Å². The molecular formula is C35H42F3N5O4S. The molecule has 0 saturated carbocycles. The Hall–Kier alpha value is -4.10. The molecule has 13 heteroatoms. The van der Waals surface area contributed by atoms with Crippen molar-refractivity contribution in [1.29, 1.82) is 0 Å². The minimum absolute atomic E-state index is 0.0637. The first-order valence-electron chi connectivity index (χ1n) is 16.0. The number of nitrogens with one attached hydrogen (secondary N) is 3. The summed E-state index contributed by atoms with van der Waals surface area (Å²) in [6.07, 6.45) is -4.74. The molecule has 2 aliphatic heterocycles. The zero-order chi connectivity index (χ0) is 34.8. The molecule has 5 rings (SSSR count). The molecule has 2 fully saturated rings. The van der Waals surface area contributed by atoms with Crippen LogP contribution in [-0.4, -0.2) is 77.7 Å². The third-order valence-corrected chi connectivity index (χ3v) is 9.43. The van der Waals surface area contributed by atoms with Crippen LogP contribution in [0.5, 0.6) is 0 Å². The Morgan fingerprint density at radius 2 is 1.75 bits per heavy atom. The summed E-state index contributed by atoms with van der Waals surface area (Å²) in [5.74, 6) is -2.08. The number of benzene rings is 2. The van der Waals surface area contributed by atoms with Crippen molar-refractivity contribution in [3.63, 3.8) is 0 Å². The number of nitrogens with zero attached hydrogens (tertiary/aromatic N) is 2. The number of carbonyl (C=O) groups excluding carboxylic acids is 3. The Morgan fingerprint density at radius 1 is 1.00 bits per heavy atom. The first-order chi connectivity index (χ1) is 22.5. The standard InChI is InChI=1S/C35H42F3N5O4S/c1-21-9-10-25(40-27-18-43(19-27)33(46)47-34(3,4)5)16-29(21)31(44)39-22(2)23-7-6-8-24(15-23)30-12-11-28(48-30)20-42-14-13-26(17-42)41-32(45)35(36,37)38/h6-12,15-16,22,26-27,40H,13-14,17-20H2,1-5H3,(H,39,44)(H,41,45)/t22-,26+/m1/s1. The van der Waals surface area contributed by atoms with Crippen molar-refractivity contribution < 1.29 is 32.3 Å². The highest BCUT2D eigenvalue weighted by molar-refractivity contribution is 7.15. The van der Waals surface area contributed by atoms with Crippen LogP contribution in [0.4, 0.5) is 23.7 Å². The lowest BCUT2D eigenvalue weighted by atomic mass is 10.0. The lowest BCUT2D eigenvalue weighted by Crippen LogP contribution is -2.57. The molecule has 3 aromatic rings. The molecule has 2 aromatic carbocycles. The summed E-state index contributed by atoms with van der Waals surface area (Å²) in [6.45, 7) is 12.0. The van der Waals surface area contributed by atoms with E-state index in [-0.39, 0.29) is 24.1 Å². The van der Waals surface area contributed by atoms with Crippen LogP contribution in [0, 0.1) is 6.92 Å². The van der Waals surface area contributed by atoms with Gasteiger partial charge in [-0.1, -0.05) is 24.3 Å². The number of alkyl halides is 3. The van der Waals surface area contributed by atoms with Gasteiger partial charge in [0.15, 0.2) is 0 Å².